The normalized spacial score (nSPS) is 14.4. The van der Waals surface area contributed by atoms with Crippen molar-refractivity contribution in [3.05, 3.63) is 41.6 Å². The monoisotopic (exact) mass is 312 g/mol. The molecule has 3 nitrogen and oxygen atoms in total. The van der Waals surface area contributed by atoms with Crippen molar-refractivity contribution < 1.29 is 31.4 Å². The van der Waals surface area contributed by atoms with Crippen LogP contribution in [0.3, 0.4) is 0 Å². The topological polar surface area (TPSA) is 58.6 Å². The summed E-state index contributed by atoms with van der Waals surface area (Å²) in [7, 11) is 0. The van der Waals surface area contributed by atoms with Gasteiger partial charge >= 0.3 is 12.4 Å². The Morgan fingerprint density at radius 2 is 1.62 bits per heavy atom. The molecule has 0 saturated carbocycles. The summed E-state index contributed by atoms with van der Waals surface area (Å²) in [6.07, 6.45) is -8.89. The molecule has 116 valence electrons. The van der Waals surface area contributed by atoms with Crippen molar-refractivity contribution in [3.63, 3.8) is 0 Å². The first-order chi connectivity index (χ1) is 9.54. The highest BCUT2D eigenvalue weighted by Gasteiger charge is 2.32. The van der Waals surface area contributed by atoms with Gasteiger partial charge in [-0.25, -0.2) is 0 Å². The van der Waals surface area contributed by atoms with Crippen LogP contribution < -0.4 is 5.73 Å². The van der Waals surface area contributed by atoms with Crippen molar-refractivity contribution in [2.45, 2.75) is 12.4 Å². The van der Waals surface area contributed by atoms with Crippen LogP contribution >= 0.6 is 0 Å². The minimum absolute atomic E-state index is 0.0433. The maximum atomic E-state index is 12.3. The molecule has 3 N–H and O–H groups in total. The fourth-order valence-corrected chi connectivity index (χ4v) is 1.27. The summed E-state index contributed by atoms with van der Waals surface area (Å²) in [4.78, 5) is 3.60. The predicted octanol–water partition coefficient (Wildman–Crippen LogP) is 3.18. The average molecular weight is 312 g/mol. The van der Waals surface area contributed by atoms with E-state index in [9.17, 15) is 26.3 Å². The van der Waals surface area contributed by atoms with Crippen molar-refractivity contribution in [2.24, 2.45) is 10.7 Å². The van der Waals surface area contributed by atoms with Crippen molar-refractivity contribution in [3.8, 4) is 0 Å². The number of nitrogens with zero attached hydrogens (tertiary/aromatic N) is 1. The van der Waals surface area contributed by atoms with Crippen LogP contribution in [0.25, 0.3) is 0 Å². The van der Waals surface area contributed by atoms with Crippen LogP contribution in [-0.4, -0.2) is 23.6 Å². The van der Waals surface area contributed by atoms with Gasteiger partial charge in [0.05, 0.1) is 23.6 Å². The molecule has 1 aromatic carbocycles. The summed E-state index contributed by atoms with van der Waals surface area (Å²) in [6.45, 7) is -0.849. The molecule has 0 spiro atoms. The van der Waals surface area contributed by atoms with Gasteiger partial charge in [0.25, 0.3) is 0 Å². The third kappa shape index (κ3) is 5.10. The van der Waals surface area contributed by atoms with Gasteiger partial charge in [-0.15, -0.1) is 0 Å². The van der Waals surface area contributed by atoms with Crippen molar-refractivity contribution in [1.82, 2.24) is 0 Å². The first kappa shape index (κ1) is 17.0. The lowest BCUT2D eigenvalue weighted by atomic mass is 10.2. The van der Waals surface area contributed by atoms with Crippen molar-refractivity contribution in [1.29, 1.82) is 0 Å². The molecule has 0 aliphatic rings. The fourth-order valence-electron chi connectivity index (χ4n) is 1.27. The summed E-state index contributed by atoms with van der Waals surface area (Å²) in [6, 6.07) is 3.39. The zero-order valence-electron chi connectivity index (χ0n) is 10.3. The molecule has 0 amide bonds. The minimum Gasteiger partial charge on any atom is -0.395 e. The quantitative estimate of drug-likeness (QED) is 0.665. The Kier molecular flexibility index (Phi) is 5.00. The lowest BCUT2D eigenvalue weighted by molar-refractivity contribution is -0.137. The number of nitrogens with two attached hydrogens (primary N) is 1. The summed E-state index contributed by atoms with van der Waals surface area (Å²) in [5.41, 5.74) is 1.90. The third-order valence-electron chi connectivity index (χ3n) is 2.28. The molecular weight excluding hydrogens is 302 g/mol. The zero-order valence-corrected chi connectivity index (χ0v) is 10.3. The Bertz CT molecular complexity index is 542. The average Bonchev–Trinajstić information content (AvgIpc) is 2.36. The largest absolute Gasteiger partial charge is 0.430 e. The molecule has 21 heavy (non-hydrogen) atoms. The summed E-state index contributed by atoms with van der Waals surface area (Å²) < 4.78 is 73.6. The van der Waals surface area contributed by atoms with Gasteiger partial charge in [-0.1, -0.05) is 0 Å². The molecule has 0 saturated heterocycles. The van der Waals surface area contributed by atoms with Gasteiger partial charge in [0.1, 0.15) is 5.70 Å². The summed E-state index contributed by atoms with van der Waals surface area (Å²) in [5, 5.41) is 8.91. The molecule has 0 radical (unpaired) electrons. The number of allylic oxidation sites excluding steroid dienone is 1. The third-order valence-corrected chi connectivity index (χ3v) is 2.28. The Hall–Kier alpha value is -2.03. The van der Waals surface area contributed by atoms with Gasteiger partial charge in [-0.05, 0) is 30.3 Å². The number of aliphatic imine (C=N–C) groups is 1. The minimum atomic E-state index is -4.78. The van der Waals surface area contributed by atoms with Gasteiger partial charge < -0.3 is 10.8 Å². The highest BCUT2D eigenvalue weighted by Crippen LogP contribution is 2.30. The number of aliphatic hydroxyl groups is 1. The van der Waals surface area contributed by atoms with E-state index in [0.29, 0.717) is 6.08 Å². The molecule has 1 rings (SSSR count). The number of halogens is 6. The Morgan fingerprint density at radius 3 is 2.00 bits per heavy atom. The van der Waals surface area contributed by atoms with Gasteiger partial charge in [-0.3, -0.25) is 4.99 Å². The van der Waals surface area contributed by atoms with Crippen LogP contribution in [0.15, 0.2) is 41.0 Å². The maximum absolute atomic E-state index is 12.3. The second-order valence-electron chi connectivity index (χ2n) is 3.90. The lowest BCUT2D eigenvalue weighted by Gasteiger charge is -2.07. The number of rotatable bonds is 3. The van der Waals surface area contributed by atoms with E-state index in [2.05, 4.69) is 4.99 Å². The van der Waals surface area contributed by atoms with Crippen molar-refractivity contribution in [2.75, 3.05) is 6.61 Å². The van der Waals surface area contributed by atoms with Crippen LogP contribution in [0.5, 0.6) is 0 Å². The SMILES string of the molecule is NC(=CC(CO)=Nc1ccc(C(F)(F)F)cc1)C(F)(F)F. The molecule has 0 aliphatic carbocycles. The number of benzene rings is 1. The van der Waals surface area contributed by atoms with E-state index < -0.39 is 35.9 Å². The number of alkyl halides is 6. The molecule has 0 atom stereocenters. The van der Waals surface area contributed by atoms with E-state index in [-0.39, 0.29) is 5.69 Å². The molecule has 0 heterocycles. The predicted molar refractivity (Wildman–Crippen MR) is 64.0 cm³/mol. The van der Waals surface area contributed by atoms with E-state index >= 15 is 0 Å². The molecule has 0 fully saturated rings. The standard InChI is InChI=1S/C12H10F6N2O/c13-11(14,15)7-1-3-8(4-2-7)20-9(6-21)5-10(19)12(16,17)18/h1-5,21H,6,19H2. The summed E-state index contributed by atoms with van der Waals surface area (Å²) >= 11 is 0. The molecule has 0 bridgehead atoms. The van der Waals surface area contributed by atoms with E-state index in [4.69, 9.17) is 10.8 Å². The summed E-state index contributed by atoms with van der Waals surface area (Å²) in [5.74, 6) is 0. The molecular formula is C12H10F6N2O. The zero-order chi connectivity index (χ0) is 16.3. The van der Waals surface area contributed by atoms with Crippen molar-refractivity contribution >= 4 is 11.4 Å². The second-order valence-corrected chi connectivity index (χ2v) is 3.90. The number of hydrogen-bond acceptors (Lipinski definition) is 3. The van der Waals surface area contributed by atoms with Crippen LogP contribution in [0.4, 0.5) is 32.0 Å². The Labute approximate surface area is 115 Å². The first-order valence-electron chi connectivity index (χ1n) is 5.44. The van der Waals surface area contributed by atoms with Gasteiger partial charge in [0.2, 0.25) is 0 Å². The molecule has 0 aromatic heterocycles. The first-order valence-corrected chi connectivity index (χ1v) is 5.44. The van der Waals surface area contributed by atoms with Gasteiger partial charge in [0, 0.05) is 0 Å². The maximum Gasteiger partial charge on any atom is 0.430 e. The van der Waals surface area contributed by atoms with Crippen LogP contribution in [0.2, 0.25) is 0 Å². The Morgan fingerprint density at radius 1 is 1.10 bits per heavy atom. The molecule has 0 aliphatic heterocycles. The van der Waals surface area contributed by atoms with Crippen LogP contribution in [-0.2, 0) is 6.18 Å². The molecule has 9 heteroatoms. The fraction of sp³-hybridized carbons (Fsp3) is 0.250. The molecule has 0 unspecified atom stereocenters. The van der Waals surface area contributed by atoms with E-state index in [1.807, 2.05) is 0 Å². The lowest BCUT2D eigenvalue weighted by Crippen LogP contribution is -2.21. The smallest absolute Gasteiger partial charge is 0.395 e. The van der Waals surface area contributed by atoms with Gasteiger partial charge in [-0.2, -0.15) is 26.3 Å². The highest BCUT2D eigenvalue weighted by atomic mass is 19.4. The van der Waals surface area contributed by atoms with E-state index in [0.717, 1.165) is 24.3 Å². The molecule has 1 aromatic rings. The number of aliphatic hydroxyl groups excluding tert-OH is 1. The Balaban J connectivity index is 3.05. The van der Waals surface area contributed by atoms with Crippen LogP contribution in [0.1, 0.15) is 5.56 Å². The van der Waals surface area contributed by atoms with E-state index in [1.165, 1.54) is 0 Å². The van der Waals surface area contributed by atoms with Crippen LogP contribution in [0, 0.1) is 0 Å². The van der Waals surface area contributed by atoms with Gasteiger partial charge in [0.15, 0.2) is 0 Å². The van der Waals surface area contributed by atoms with E-state index in [1.54, 1.807) is 0 Å². The second kappa shape index (κ2) is 6.17. The highest BCUT2D eigenvalue weighted by molar-refractivity contribution is 5.98. The number of hydrogen-bond donors (Lipinski definition) is 2.